The Morgan fingerprint density at radius 3 is 2.60 bits per heavy atom. The van der Waals surface area contributed by atoms with Crippen LogP contribution in [0.3, 0.4) is 0 Å². The normalized spacial score (nSPS) is 15.8. The lowest BCUT2D eigenvalue weighted by Crippen LogP contribution is -2.44. The fourth-order valence-corrected chi connectivity index (χ4v) is 2.37. The third-order valence-electron chi connectivity index (χ3n) is 3.61. The lowest BCUT2D eigenvalue weighted by molar-refractivity contribution is -0.131. The molecule has 0 aromatic heterocycles. The van der Waals surface area contributed by atoms with Crippen LogP contribution in [0.5, 0.6) is 0 Å². The number of halogens is 3. The van der Waals surface area contributed by atoms with Gasteiger partial charge in [0.1, 0.15) is 11.6 Å². The molecule has 20 heavy (non-hydrogen) atoms. The van der Waals surface area contributed by atoms with Crippen molar-refractivity contribution in [2.24, 2.45) is 0 Å². The van der Waals surface area contributed by atoms with Gasteiger partial charge in [-0.1, -0.05) is 0 Å². The molecule has 0 saturated carbocycles. The van der Waals surface area contributed by atoms with Crippen LogP contribution in [0.2, 0.25) is 0 Å². The van der Waals surface area contributed by atoms with E-state index in [0.29, 0.717) is 19.1 Å². The first-order valence-electron chi connectivity index (χ1n) is 6.49. The molecule has 1 aliphatic heterocycles. The van der Waals surface area contributed by atoms with E-state index in [-0.39, 0.29) is 30.3 Å². The van der Waals surface area contributed by atoms with E-state index >= 15 is 0 Å². The van der Waals surface area contributed by atoms with Crippen LogP contribution in [0.15, 0.2) is 18.2 Å². The molecule has 1 heterocycles. The number of nitrogens with zero attached hydrogens (tertiary/aromatic N) is 1. The fraction of sp³-hybridized carbons (Fsp3) is 0.500. The molecule has 1 saturated heterocycles. The van der Waals surface area contributed by atoms with E-state index in [0.717, 1.165) is 31.0 Å². The molecule has 3 nitrogen and oxygen atoms in total. The number of nitrogens with one attached hydrogen (secondary N) is 1. The van der Waals surface area contributed by atoms with Gasteiger partial charge in [-0.25, -0.2) is 8.78 Å². The van der Waals surface area contributed by atoms with Gasteiger partial charge in [-0.2, -0.15) is 0 Å². The van der Waals surface area contributed by atoms with Gasteiger partial charge >= 0.3 is 0 Å². The Balaban J connectivity index is 0.00000200. The van der Waals surface area contributed by atoms with Crippen LogP contribution in [0, 0.1) is 11.6 Å². The molecular weight excluding hydrogens is 286 g/mol. The molecule has 1 amide bonds. The lowest BCUT2D eigenvalue weighted by Gasteiger charge is -2.31. The molecule has 0 radical (unpaired) electrons. The summed E-state index contributed by atoms with van der Waals surface area (Å²) < 4.78 is 26.5. The number of amides is 1. The standard InChI is InChI=1S/C14H18F2N2O.ClH/c1-17-12-4-6-18(7-5-12)14(19)9-10-8-11(15)2-3-13(10)16;/h2-3,8,12,17H,4-7,9H2,1H3;1H. The van der Waals surface area contributed by atoms with Crippen molar-refractivity contribution in [2.45, 2.75) is 25.3 Å². The highest BCUT2D eigenvalue weighted by Crippen LogP contribution is 2.15. The number of benzene rings is 1. The summed E-state index contributed by atoms with van der Waals surface area (Å²) in [4.78, 5) is 13.8. The van der Waals surface area contributed by atoms with Gasteiger partial charge in [0.15, 0.2) is 0 Å². The Bertz CT molecular complexity index is 462. The fourth-order valence-electron chi connectivity index (χ4n) is 2.37. The van der Waals surface area contributed by atoms with E-state index in [1.54, 1.807) is 4.90 Å². The maximum Gasteiger partial charge on any atom is 0.227 e. The number of carbonyl (C=O) groups excluding carboxylic acids is 1. The molecule has 1 aromatic carbocycles. The molecule has 1 aliphatic rings. The van der Waals surface area contributed by atoms with Crippen molar-refractivity contribution in [1.29, 1.82) is 0 Å². The van der Waals surface area contributed by atoms with Crippen LogP contribution >= 0.6 is 12.4 Å². The Hall–Kier alpha value is -1.20. The van der Waals surface area contributed by atoms with E-state index in [9.17, 15) is 13.6 Å². The first-order valence-corrected chi connectivity index (χ1v) is 6.49. The molecule has 1 N–H and O–H groups in total. The Morgan fingerprint density at radius 2 is 2.00 bits per heavy atom. The van der Waals surface area contributed by atoms with Crippen molar-refractivity contribution in [3.8, 4) is 0 Å². The molecule has 0 bridgehead atoms. The van der Waals surface area contributed by atoms with Crippen LogP contribution in [-0.4, -0.2) is 37.0 Å². The van der Waals surface area contributed by atoms with Gasteiger partial charge in [0.05, 0.1) is 6.42 Å². The van der Waals surface area contributed by atoms with Crippen LogP contribution in [0.25, 0.3) is 0 Å². The Labute approximate surface area is 123 Å². The summed E-state index contributed by atoms with van der Waals surface area (Å²) in [5.74, 6) is -1.18. The smallest absolute Gasteiger partial charge is 0.227 e. The van der Waals surface area contributed by atoms with E-state index in [1.165, 1.54) is 0 Å². The number of hydrogen-bond donors (Lipinski definition) is 1. The third kappa shape index (κ3) is 4.15. The van der Waals surface area contributed by atoms with E-state index in [2.05, 4.69) is 5.32 Å². The zero-order chi connectivity index (χ0) is 13.8. The van der Waals surface area contributed by atoms with Crippen LogP contribution in [-0.2, 0) is 11.2 Å². The molecule has 112 valence electrons. The molecule has 0 aliphatic carbocycles. The summed E-state index contributed by atoms with van der Waals surface area (Å²) in [6.07, 6.45) is 1.72. The van der Waals surface area contributed by atoms with Gasteiger partial charge in [-0.3, -0.25) is 4.79 Å². The monoisotopic (exact) mass is 304 g/mol. The van der Waals surface area contributed by atoms with Gasteiger partial charge in [0, 0.05) is 24.7 Å². The molecule has 0 atom stereocenters. The molecule has 1 aromatic rings. The summed E-state index contributed by atoms with van der Waals surface area (Å²) in [5, 5.41) is 3.18. The molecular formula is C14H19ClF2N2O. The number of likely N-dealkylation sites (tertiary alicyclic amines) is 1. The summed E-state index contributed by atoms with van der Waals surface area (Å²) in [6.45, 7) is 1.34. The molecule has 1 fully saturated rings. The second-order valence-electron chi connectivity index (χ2n) is 4.86. The largest absolute Gasteiger partial charge is 0.342 e. The van der Waals surface area contributed by atoms with Crippen LogP contribution in [0.1, 0.15) is 18.4 Å². The molecule has 2 rings (SSSR count). The summed E-state index contributed by atoms with van der Waals surface area (Å²) in [6, 6.07) is 3.65. The average Bonchev–Trinajstić information content (AvgIpc) is 2.43. The predicted octanol–water partition coefficient (Wildman–Crippen LogP) is 2.14. The van der Waals surface area contributed by atoms with Crippen molar-refractivity contribution in [2.75, 3.05) is 20.1 Å². The first kappa shape index (κ1) is 16.9. The Kier molecular flexibility index (Phi) is 6.36. The minimum absolute atomic E-state index is 0. The second-order valence-corrected chi connectivity index (χ2v) is 4.86. The predicted molar refractivity (Wildman–Crippen MR) is 76.0 cm³/mol. The highest BCUT2D eigenvalue weighted by atomic mass is 35.5. The second kappa shape index (κ2) is 7.55. The number of rotatable bonds is 3. The van der Waals surface area contributed by atoms with Gasteiger partial charge in [0.2, 0.25) is 5.91 Å². The minimum Gasteiger partial charge on any atom is -0.342 e. The molecule has 0 unspecified atom stereocenters. The summed E-state index contributed by atoms with van der Waals surface area (Å²) in [5.41, 5.74) is 0.126. The third-order valence-corrected chi connectivity index (χ3v) is 3.61. The van der Waals surface area contributed by atoms with Crippen molar-refractivity contribution in [3.63, 3.8) is 0 Å². The highest BCUT2D eigenvalue weighted by Gasteiger charge is 2.22. The number of carbonyl (C=O) groups is 1. The van der Waals surface area contributed by atoms with Gasteiger partial charge in [-0.05, 0) is 38.1 Å². The van der Waals surface area contributed by atoms with E-state index < -0.39 is 11.6 Å². The highest BCUT2D eigenvalue weighted by molar-refractivity contribution is 5.85. The first-order chi connectivity index (χ1) is 9.10. The van der Waals surface area contributed by atoms with E-state index in [1.807, 2.05) is 7.05 Å². The zero-order valence-electron chi connectivity index (χ0n) is 11.4. The van der Waals surface area contributed by atoms with Crippen molar-refractivity contribution < 1.29 is 13.6 Å². The topological polar surface area (TPSA) is 32.3 Å². The average molecular weight is 305 g/mol. The Morgan fingerprint density at radius 1 is 1.35 bits per heavy atom. The van der Waals surface area contributed by atoms with E-state index in [4.69, 9.17) is 0 Å². The zero-order valence-corrected chi connectivity index (χ0v) is 12.2. The summed E-state index contributed by atoms with van der Waals surface area (Å²) >= 11 is 0. The summed E-state index contributed by atoms with van der Waals surface area (Å²) in [7, 11) is 1.91. The van der Waals surface area contributed by atoms with Crippen molar-refractivity contribution in [3.05, 3.63) is 35.4 Å². The van der Waals surface area contributed by atoms with Crippen molar-refractivity contribution in [1.82, 2.24) is 10.2 Å². The SMILES string of the molecule is CNC1CCN(C(=O)Cc2cc(F)ccc2F)CC1.Cl. The van der Waals surface area contributed by atoms with Crippen molar-refractivity contribution >= 4 is 18.3 Å². The maximum atomic E-state index is 13.5. The van der Waals surface area contributed by atoms with Crippen LogP contribution < -0.4 is 5.32 Å². The number of hydrogen-bond acceptors (Lipinski definition) is 2. The number of piperidine rings is 1. The van der Waals surface area contributed by atoms with Gasteiger partial charge < -0.3 is 10.2 Å². The molecule has 0 spiro atoms. The van der Waals surface area contributed by atoms with Gasteiger partial charge in [-0.15, -0.1) is 12.4 Å². The molecule has 6 heteroatoms. The quantitative estimate of drug-likeness (QED) is 0.928. The minimum atomic E-state index is -0.528. The lowest BCUT2D eigenvalue weighted by atomic mass is 10.0. The van der Waals surface area contributed by atoms with Crippen LogP contribution in [0.4, 0.5) is 8.78 Å². The van der Waals surface area contributed by atoms with Gasteiger partial charge in [0.25, 0.3) is 0 Å². The maximum absolute atomic E-state index is 13.5.